The molecule has 1 aromatic heterocycles. The van der Waals surface area contributed by atoms with Crippen molar-refractivity contribution in [3.8, 4) is 28.5 Å². The Morgan fingerprint density at radius 2 is 1.52 bits per heavy atom. The molecule has 11 nitrogen and oxygen atoms in total. The summed E-state index contributed by atoms with van der Waals surface area (Å²) in [7, 11) is 1.83. The first-order valence-corrected chi connectivity index (χ1v) is 19.0. The number of carbonyl (C=O) groups is 3. The molecule has 0 saturated carbocycles. The van der Waals surface area contributed by atoms with Gasteiger partial charge in [0.15, 0.2) is 11.5 Å². The number of phenolic OH excluding ortho intramolecular Hbond substituents is 1. The first-order chi connectivity index (χ1) is 26.8. The van der Waals surface area contributed by atoms with E-state index in [-0.39, 0.29) is 48.7 Å². The first kappa shape index (κ1) is 37.2. The van der Waals surface area contributed by atoms with E-state index < -0.39 is 0 Å². The number of likely N-dealkylation sites (N-methyl/N-ethyl adjacent to an activating group) is 1. The third-order valence-corrected chi connectivity index (χ3v) is 11.5. The highest BCUT2D eigenvalue weighted by molar-refractivity contribution is 6.12. The summed E-state index contributed by atoms with van der Waals surface area (Å²) in [6.45, 7) is 3.48. The zero-order valence-electron chi connectivity index (χ0n) is 31.2. The van der Waals surface area contributed by atoms with Crippen LogP contribution in [-0.2, 0) is 30.7 Å². The number of para-hydroxylation sites is 1. The lowest BCUT2D eigenvalue weighted by Gasteiger charge is -2.41. The highest BCUT2D eigenvalue weighted by atomic mass is 35.5. The third kappa shape index (κ3) is 6.86. The molecule has 0 spiro atoms. The van der Waals surface area contributed by atoms with Crippen molar-refractivity contribution in [2.45, 2.75) is 44.8 Å². The number of hydrogen-bond acceptors (Lipinski definition) is 7. The number of halogens is 1. The average Bonchev–Trinajstić information content (AvgIpc) is 3.84. The van der Waals surface area contributed by atoms with E-state index in [9.17, 15) is 14.7 Å². The molecular weight excluding hydrogens is 730 g/mol. The summed E-state index contributed by atoms with van der Waals surface area (Å²) in [4.78, 5) is 50.4. The number of fused-ring (bicyclic) bond motifs is 3. The number of carbonyl (C=O) groups excluding carboxylic acids is 3. The maximum absolute atomic E-state index is 15.2. The van der Waals surface area contributed by atoms with Crippen LogP contribution in [0.3, 0.4) is 0 Å². The fourth-order valence-corrected chi connectivity index (χ4v) is 8.50. The topological polar surface area (TPSA) is 108 Å². The predicted molar refractivity (Wildman–Crippen MR) is 215 cm³/mol. The normalized spacial score (nSPS) is 17.5. The Kier molecular flexibility index (Phi) is 10.2. The number of ether oxygens (including phenoxy) is 2. The summed E-state index contributed by atoms with van der Waals surface area (Å²) in [6, 6.07) is 29.9. The lowest BCUT2D eigenvalue weighted by Crippen LogP contribution is -2.55. The number of anilines is 2. The molecule has 4 aliphatic heterocycles. The Morgan fingerprint density at radius 3 is 2.29 bits per heavy atom. The lowest BCUT2D eigenvalue weighted by atomic mass is 9.92. The van der Waals surface area contributed by atoms with Gasteiger partial charge in [0.2, 0.25) is 12.7 Å². The number of aromatic nitrogens is 1. The molecule has 9 rings (SSSR count). The Balaban J connectivity index is 0.00000441. The maximum Gasteiger partial charge on any atom is 0.264 e. The minimum absolute atomic E-state index is 0. The van der Waals surface area contributed by atoms with Crippen molar-refractivity contribution in [2.75, 3.05) is 44.9 Å². The van der Waals surface area contributed by atoms with Crippen molar-refractivity contribution in [2.24, 2.45) is 0 Å². The monoisotopic (exact) mass is 773 g/mol. The molecule has 56 heavy (non-hydrogen) atoms. The van der Waals surface area contributed by atoms with Crippen LogP contribution in [0.5, 0.6) is 17.2 Å². The fraction of sp³-hybridized carbons (Fsp3) is 0.295. The number of amides is 3. The lowest BCUT2D eigenvalue weighted by molar-refractivity contribution is -0.134. The van der Waals surface area contributed by atoms with Gasteiger partial charge in [-0.25, -0.2) is 0 Å². The van der Waals surface area contributed by atoms with Crippen molar-refractivity contribution in [3.05, 3.63) is 125 Å². The minimum atomic E-state index is -0.197. The second-order valence-electron chi connectivity index (χ2n) is 14.9. The van der Waals surface area contributed by atoms with Crippen molar-refractivity contribution < 1.29 is 29.0 Å². The quantitative estimate of drug-likeness (QED) is 0.197. The molecule has 1 N–H and O–H groups in total. The summed E-state index contributed by atoms with van der Waals surface area (Å²) >= 11 is 0. The van der Waals surface area contributed by atoms with Gasteiger partial charge in [-0.2, -0.15) is 0 Å². The molecule has 4 aromatic carbocycles. The van der Waals surface area contributed by atoms with Gasteiger partial charge in [0.05, 0.1) is 17.7 Å². The predicted octanol–water partition coefficient (Wildman–Crippen LogP) is 6.67. The van der Waals surface area contributed by atoms with Gasteiger partial charge < -0.3 is 28.9 Å². The molecule has 5 aromatic rings. The van der Waals surface area contributed by atoms with E-state index in [1.54, 1.807) is 40.1 Å². The van der Waals surface area contributed by atoms with Gasteiger partial charge >= 0.3 is 0 Å². The van der Waals surface area contributed by atoms with E-state index in [2.05, 4.69) is 21.6 Å². The molecular formula is C44H44ClN5O6. The number of phenols is 1. The number of rotatable bonds is 7. The van der Waals surface area contributed by atoms with E-state index >= 15 is 4.79 Å². The molecule has 0 radical (unpaired) electrons. The highest BCUT2D eigenvalue weighted by Gasteiger charge is 2.37. The molecule has 1 atom stereocenters. The summed E-state index contributed by atoms with van der Waals surface area (Å²) < 4.78 is 14.0. The van der Waals surface area contributed by atoms with Crippen LogP contribution in [0.1, 0.15) is 50.4 Å². The molecule has 12 heteroatoms. The van der Waals surface area contributed by atoms with Crippen LogP contribution in [0.15, 0.2) is 97.1 Å². The third-order valence-electron chi connectivity index (χ3n) is 11.5. The van der Waals surface area contributed by atoms with E-state index in [4.69, 9.17) is 9.47 Å². The molecule has 0 aliphatic carbocycles. The zero-order chi connectivity index (χ0) is 37.6. The van der Waals surface area contributed by atoms with Gasteiger partial charge in [0.1, 0.15) is 5.75 Å². The van der Waals surface area contributed by atoms with Crippen molar-refractivity contribution in [1.82, 2.24) is 19.3 Å². The molecule has 288 valence electrons. The number of benzene rings is 4. The van der Waals surface area contributed by atoms with Crippen LogP contribution in [0, 0.1) is 0 Å². The van der Waals surface area contributed by atoms with Crippen LogP contribution in [0.25, 0.3) is 11.3 Å². The van der Waals surface area contributed by atoms with Gasteiger partial charge in [0.25, 0.3) is 11.8 Å². The molecule has 4 aliphatic rings. The number of piperazine rings is 1. The molecule has 5 heterocycles. The number of aromatic hydroxyl groups is 1. The Labute approximate surface area is 332 Å². The number of nitrogens with zero attached hydrogens (tertiary/aromatic N) is 5. The van der Waals surface area contributed by atoms with Crippen LogP contribution < -0.4 is 14.4 Å². The summed E-state index contributed by atoms with van der Waals surface area (Å²) in [5, 5.41) is 10.1. The number of hydrogen-bond donors (Lipinski definition) is 1. The van der Waals surface area contributed by atoms with Gasteiger partial charge in [-0.1, -0.05) is 42.5 Å². The van der Waals surface area contributed by atoms with Crippen LogP contribution in [0.2, 0.25) is 0 Å². The van der Waals surface area contributed by atoms with Crippen molar-refractivity contribution in [1.29, 1.82) is 0 Å². The SMILES string of the molecule is CN1CCN(C[C@@H]2Cc3ccccc3CN2C(=O)c2cc3c(cc2-c2cc(C(=O)N(c4ccccc4)c4ccc(O)cc4)c4n2CCCC4)OCO3)CC1=O.Cl. The van der Waals surface area contributed by atoms with Gasteiger partial charge in [-0.3, -0.25) is 24.2 Å². The molecule has 0 bridgehead atoms. The Bertz CT molecular complexity index is 2290. The van der Waals surface area contributed by atoms with E-state index in [1.807, 2.05) is 66.5 Å². The van der Waals surface area contributed by atoms with E-state index in [0.29, 0.717) is 85.1 Å². The van der Waals surface area contributed by atoms with E-state index in [0.717, 1.165) is 36.3 Å². The Morgan fingerprint density at radius 1 is 0.804 bits per heavy atom. The average molecular weight is 774 g/mol. The van der Waals surface area contributed by atoms with Crippen LogP contribution in [-0.4, -0.2) is 88.2 Å². The Hall–Kier alpha value is -5.78. The molecule has 1 saturated heterocycles. The second kappa shape index (κ2) is 15.4. The molecule has 1 fully saturated rings. The summed E-state index contributed by atoms with van der Waals surface area (Å²) in [5.74, 6) is 0.925. The van der Waals surface area contributed by atoms with Gasteiger partial charge in [-0.05, 0) is 91.4 Å². The van der Waals surface area contributed by atoms with Crippen molar-refractivity contribution in [3.63, 3.8) is 0 Å². The van der Waals surface area contributed by atoms with E-state index in [1.165, 1.54) is 5.56 Å². The first-order valence-electron chi connectivity index (χ1n) is 19.0. The second-order valence-corrected chi connectivity index (χ2v) is 14.9. The zero-order valence-corrected chi connectivity index (χ0v) is 32.0. The van der Waals surface area contributed by atoms with Crippen LogP contribution >= 0.6 is 12.4 Å². The largest absolute Gasteiger partial charge is 0.508 e. The fourth-order valence-electron chi connectivity index (χ4n) is 8.50. The van der Waals surface area contributed by atoms with Gasteiger partial charge in [-0.15, -0.1) is 12.4 Å². The molecule has 0 unspecified atom stereocenters. The standard InChI is InChI=1S/C44H43N5O6.ClH/c1-45-19-20-46(27-42(45)51)26-33-21-29-9-5-6-10-30(29)25-48(33)43(52)36-24-41-40(54-28-55-41)23-35(36)39-22-37(38-13-7-8-18-47(38)39)44(53)49(31-11-3-2-4-12-31)32-14-16-34(50)17-15-32;/h2-6,9-12,14-17,22-24,33,50H,7-8,13,18-21,25-28H2,1H3;1H/t33-;/m0./s1. The van der Waals surface area contributed by atoms with Crippen molar-refractivity contribution >= 4 is 41.5 Å². The molecule has 3 amide bonds. The van der Waals surface area contributed by atoms with Gasteiger partial charge in [0, 0.05) is 74.1 Å². The summed E-state index contributed by atoms with van der Waals surface area (Å²) in [5.41, 5.74) is 7.06. The highest BCUT2D eigenvalue weighted by Crippen LogP contribution is 2.43. The summed E-state index contributed by atoms with van der Waals surface area (Å²) in [6.07, 6.45) is 3.26. The maximum atomic E-state index is 15.2. The smallest absolute Gasteiger partial charge is 0.264 e. The minimum Gasteiger partial charge on any atom is -0.508 e. The van der Waals surface area contributed by atoms with Crippen LogP contribution in [0.4, 0.5) is 11.4 Å².